The normalized spacial score (nSPS) is 16.5. The molecular weight excluding hydrogens is 389 g/mol. The number of hydrogen-bond acceptors (Lipinski definition) is 5. The summed E-state index contributed by atoms with van der Waals surface area (Å²) in [4.78, 5) is 18.1. The van der Waals surface area contributed by atoms with E-state index >= 15 is 0 Å². The number of phosphoric acid groups is 2. The van der Waals surface area contributed by atoms with Gasteiger partial charge in [0.1, 0.15) is 0 Å². The van der Waals surface area contributed by atoms with Gasteiger partial charge in [-0.05, 0) is 24.7 Å². The average molecular weight is 426 g/mol. The van der Waals surface area contributed by atoms with Crippen molar-refractivity contribution in [3.05, 3.63) is 0 Å². The Morgan fingerprint density at radius 1 is 0.846 bits per heavy atom. The van der Waals surface area contributed by atoms with Crippen LogP contribution in [0.15, 0.2) is 0 Å². The fraction of sp³-hybridized carbons (Fsp3) is 1.00. The van der Waals surface area contributed by atoms with Crippen LogP contribution in [0.3, 0.4) is 0 Å². The van der Waals surface area contributed by atoms with Crippen molar-refractivity contribution in [3.63, 3.8) is 0 Å². The standard InChI is InChI=1S/C16H36O7P2.Na.H/c1-5-9-11-15(7-3)13-21-25(20,23-24(17,18)19)22-14-16(8-4)12-10-6-2;;/h15-16H,5-14H2,1-4H3,(H2,17,18,19);;/q;+1;-1. The predicted octanol–water partition coefficient (Wildman–Crippen LogP) is 2.79. The van der Waals surface area contributed by atoms with E-state index in [1.807, 2.05) is 13.8 Å². The van der Waals surface area contributed by atoms with Crippen LogP contribution in [0.5, 0.6) is 0 Å². The van der Waals surface area contributed by atoms with E-state index in [1.54, 1.807) is 0 Å². The smallest absolute Gasteiger partial charge is 1.00 e. The van der Waals surface area contributed by atoms with Gasteiger partial charge < -0.3 is 11.2 Å². The molecular formula is C16H37NaO7P2. The number of unbranched alkanes of at least 4 members (excludes halogenated alkanes) is 2. The van der Waals surface area contributed by atoms with Gasteiger partial charge in [-0.1, -0.05) is 66.2 Å². The molecule has 0 aromatic rings. The van der Waals surface area contributed by atoms with Gasteiger partial charge in [0, 0.05) is 0 Å². The molecule has 0 aliphatic carbocycles. The van der Waals surface area contributed by atoms with Gasteiger partial charge in [0.25, 0.3) is 0 Å². The molecule has 0 amide bonds. The van der Waals surface area contributed by atoms with Gasteiger partial charge in [-0.2, -0.15) is 4.31 Å². The van der Waals surface area contributed by atoms with Gasteiger partial charge in [-0.3, -0.25) is 9.05 Å². The first-order chi connectivity index (χ1) is 11.7. The van der Waals surface area contributed by atoms with Gasteiger partial charge >= 0.3 is 45.2 Å². The van der Waals surface area contributed by atoms with E-state index in [1.165, 1.54) is 0 Å². The molecule has 0 saturated carbocycles. The Bertz CT molecular complexity index is 413. The average Bonchev–Trinajstić information content (AvgIpc) is 2.53. The summed E-state index contributed by atoms with van der Waals surface area (Å²) in [5.41, 5.74) is 0. The molecule has 0 aliphatic rings. The first kappa shape index (κ1) is 29.5. The molecule has 0 bridgehead atoms. The summed E-state index contributed by atoms with van der Waals surface area (Å²) < 4.78 is 38.8. The first-order valence-corrected chi connectivity index (χ1v) is 12.3. The zero-order chi connectivity index (χ0) is 19.3. The number of phosphoric ester groups is 1. The third-order valence-electron chi connectivity index (χ3n) is 4.23. The predicted molar refractivity (Wildman–Crippen MR) is 100 cm³/mol. The van der Waals surface area contributed by atoms with Crippen molar-refractivity contribution in [2.45, 2.75) is 79.1 Å². The molecule has 154 valence electrons. The van der Waals surface area contributed by atoms with Gasteiger partial charge in [-0.25, -0.2) is 9.13 Å². The van der Waals surface area contributed by atoms with E-state index in [0.717, 1.165) is 51.4 Å². The molecule has 0 aromatic carbocycles. The van der Waals surface area contributed by atoms with Crippen molar-refractivity contribution in [2.75, 3.05) is 13.2 Å². The topological polar surface area (TPSA) is 102 Å². The van der Waals surface area contributed by atoms with Gasteiger partial charge in [0.15, 0.2) is 0 Å². The van der Waals surface area contributed by atoms with E-state index in [2.05, 4.69) is 18.2 Å². The third kappa shape index (κ3) is 15.2. The summed E-state index contributed by atoms with van der Waals surface area (Å²) in [5, 5.41) is 0. The van der Waals surface area contributed by atoms with Crippen LogP contribution < -0.4 is 29.6 Å². The molecule has 0 aliphatic heterocycles. The molecule has 0 saturated heterocycles. The van der Waals surface area contributed by atoms with Gasteiger partial charge in [0.2, 0.25) is 0 Å². The SMILES string of the molecule is CCCCC(CC)COP(=O)(OCC(CC)CCCC)OP(=O)(O)O.[H-].[Na+]. The summed E-state index contributed by atoms with van der Waals surface area (Å²) in [7, 11) is -9.28. The second kappa shape index (κ2) is 16.1. The van der Waals surface area contributed by atoms with Crippen molar-refractivity contribution >= 4 is 15.6 Å². The second-order valence-corrected chi connectivity index (χ2v) is 9.49. The molecule has 2 unspecified atom stereocenters. The Morgan fingerprint density at radius 3 is 1.50 bits per heavy atom. The molecule has 7 nitrogen and oxygen atoms in total. The van der Waals surface area contributed by atoms with E-state index < -0.39 is 15.6 Å². The molecule has 0 rings (SSSR count). The Kier molecular flexibility index (Phi) is 18.2. The second-order valence-electron chi connectivity index (χ2n) is 6.44. The van der Waals surface area contributed by atoms with Gasteiger partial charge in [0.05, 0.1) is 13.2 Å². The Labute approximate surface area is 182 Å². The minimum atomic E-state index is -4.98. The Balaban J connectivity index is -0.00000288. The summed E-state index contributed by atoms with van der Waals surface area (Å²) in [6.07, 6.45) is 7.56. The monoisotopic (exact) mass is 426 g/mol. The summed E-state index contributed by atoms with van der Waals surface area (Å²) >= 11 is 0. The molecule has 0 fully saturated rings. The van der Waals surface area contributed by atoms with E-state index in [4.69, 9.17) is 18.8 Å². The van der Waals surface area contributed by atoms with Crippen LogP contribution in [-0.4, -0.2) is 23.0 Å². The van der Waals surface area contributed by atoms with Crippen LogP contribution in [0.25, 0.3) is 0 Å². The molecule has 10 heteroatoms. The van der Waals surface area contributed by atoms with E-state index in [0.29, 0.717) is 0 Å². The largest absolute Gasteiger partial charge is 1.00 e. The van der Waals surface area contributed by atoms with Crippen LogP contribution >= 0.6 is 15.6 Å². The van der Waals surface area contributed by atoms with Crippen molar-refractivity contribution in [3.8, 4) is 0 Å². The number of hydrogen-bond donors (Lipinski definition) is 2. The molecule has 0 heterocycles. The molecule has 2 N–H and O–H groups in total. The molecule has 26 heavy (non-hydrogen) atoms. The zero-order valence-electron chi connectivity index (χ0n) is 18.1. The minimum Gasteiger partial charge on any atom is -1.00 e. The fourth-order valence-corrected chi connectivity index (χ4v) is 4.68. The maximum absolute atomic E-state index is 12.7. The number of rotatable bonds is 16. The van der Waals surface area contributed by atoms with Crippen molar-refractivity contribution in [1.29, 1.82) is 0 Å². The first-order valence-electron chi connectivity index (χ1n) is 9.35. The fourth-order valence-electron chi connectivity index (χ4n) is 2.40. The maximum Gasteiger partial charge on any atom is 1.00 e. The van der Waals surface area contributed by atoms with Crippen LogP contribution in [0.2, 0.25) is 0 Å². The quantitative estimate of drug-likeness (QED) is 0.289. The molecule has 2 atom stereocenters. The van der Waals surface area contributed by atoms with Crippen LogP contribution in [0, 0.1) is 11.8 Å². The molecule has 0 radical (unpaired) electrons. The zero-order valence-corrected chi connectivity index (χ0v) is 20.8. The van der Waals surface area contributed by atoms with Crippen molar-refractivity contribution in [2.24, 2.45) is 11.8 Å². The Morgan fingerprint density at radius 2 is 1.23 bits per heavy atom. The van der Waals surface area contributed by atoms with Crippen molar-refractivity contribution < 1.29 is 63.3 Å². The Hall–Kier alpha value is 1.26. The van der Waals surface area contributed by atoms with Crippen LogP contribution in [0.4, 0.5) is 0 Å². The molecule has 0 spiro atoms. The minimum absolute atomic E-state index is 0. The van der Waals surface area contributed by atoms with E-state index in [9.17, 15) is 9.13 Å². The molecule has 0 aromatic heterocycles. The van der Waals surface area contributed by atoms with E-state index in [-0.39, 0.29) is 56.0 Å². The summed E-state index contributed by atoms with van der Waals surface area (Å²) in [6, 6.07) is 0. The summed E-state index contributed by atoms with van der Waals surface area (Å²) in [5.74, 6) is 0.304. The van der Waals surface area contributed by atoms with Crippen LogP contribution in [0.1, 0.15) is 80.5 Å². The van der Waals surface area contributed by atoms with Gasteiger partial charge in [-0.15, -0.1) is 0 Å². The summed E-state index contributed by atoms with van der Waals surface area (Å²) in [6.45, 7) is 8.35. The van der Waals surface area contributed by atoms with Crippen molar-refractivity contribution in [1.82, 2.24) is 0 Å². The maximum atomic E-state index is 12.7. The van der Waals surface area contributed by atoms with Crippen LogP contribution in [-0.2, 0) is 22.5 Å². The third-order valence-corrected chi connectivity index (χ3v) is 6.81.